The van der Waals surface area contributed by atoms with Gasteiger partial charge in [0.15, 0.2) is 0 Å². The minimum Gasteiger partial charge on any atom is -0.394 e. The van der Waals surface area contributed by atoms with Crippen molar-refractivity contribution < 1.29 is 9.90 Å². The highest BCUT2D eigenvalue weighted by Crippen LogP contribution is 2.29. The summed E-state index contributed by atoms with van der Waals surface area (Å²) in [6.07, 6.45) is 7.35. The predicted octanol–water partition coefficient (Wildman–Crippen LogP) is 3.06. The second-order valence-corrected chi connectivity index (χ2v) is 5.90. The van der Waals surface area contributed by atoms with Gasteiger partial charge in [0.1, 0.15) is 0 Å². The smallest absolute Gasteiger partial charge is 0.251 e. The van der Waals surface area contributed by atoms with E-state index in [9.17, 15) is 9.90 Å². The zero-order valence-corrected chi connectivity index (χ0v) is 12.3. The maximum absolute atomic E-state index is 12.3. The Morgan fingerprint density at radius 1 is 1.25 bits per heavy atom. The molecule has 0 bridgehead atoms. The van der Waals surface area contributed by atoms with Crippen molar-refractivity contribution >= 4 is 5.91 Å². The van der Waals surface area contributed by atoms with Crippen LogP contribution in [0.4, 0.5) is 0 Å². The quantitative estimate of drug-likeness (QED) is 0.838. The first-order valence-electron chi connectivity index (χ1n) is 7.71. The summed E-state index contributed by atoms with van der Waals surface area (Å²) >= 11 is 0. The first kappa shape index (κ1) is 15.0. The molecule has 1 aromatic carbocycles. The number of aryl methyl sites for hydroxylation is 1. The van der Waals surface area contributed by atoms with Gasteiger partial charge < -0.3 is 10.4 Å². The van der Waals surface area contributed by atoms with E-state index in [0.29, 0.717) is 5.56 Å². The number of aliphatic hydroxyl groups is 1. The zero-order valence-electron chi connectivity index (χ0n) is 12.3. The van der Waals surface area contributed by atoms with Gasteiger partial charge in [0.25, 0.3) is 5.91 Å². The van der Waals surface area contributed by atoms with E-state index in [1.54, 1.807) is 0 Å². The van der Waals surface area contributed by atoms with Crippen LogP contribution < -0.4 is 5.32 Å². The van der Waals surface area contributed by atoms with Gasteiger partial charge in [0.2, 0.25) is 0 Å². The monoisotopic (exact) mass is 275 g/mol. The van der Waals surface area contributed by atoms with E-state index < -0.39 is 5.54 Å². The van der Waals surface area contributed by atoms with E-state index in [0.717, 1.165) is 32.1 Å². The van der Waals surface area contributed by atoms with Crippen LogP contribution in [0.2, 0.25) is 0 Å². The normalized spacial score (nSPS) is 17.1. The van der Waals surface area contributed by atoms with E-state index in [1.807, 2.05) is 24.3 Å². The topological polar surface area (TPSA) is 49.3 Å². The van der Waals surface area contributed by atoms with Crippen LogP contribution in [0.1, 0.15) is 61.4 Å². The molecule has 1 saturated carbocycles. The molecule has 3 heteroatoms. The number of amides is 1. The maximum atomic E-state index is 12.3. The molecule has 0 saturated heterocycles. The number of nitrogens with one attached hydrogen (secondary N) is 1. The predicted molar refractivity (Wildman–Crippen MR) is 80.8 cm³/mol. The van der Waals surface area contributed by atoms with Crippen molar-refractivity contribution in [2.45, 2.75) is 57.4 Å². The molecule has 0 unspecified atom stereocenters. The van der Waals surface area contributed by atoms with Crippen LogP contribution in [-0.4, -0.2) is 23.2 Å². The van der Waals surface area contributed by atoms with Gasteiger partial charge in [-0.2, -0.15) is 0 Å². The summed E-state index contributed by atoms with van der Waals surface area (Å²) in [4.78, 5) is 12.3. The lowest BCUT2D eigenvalue weighted by molar-refractivity contribution is 0.0838. The van der Waals surface area contributed by atoms with E-state index in [-0.39, 0.29) is 12.5 Å². The van der Waals surface area contributed by atoms with Crippen molar-refractivity contribution in [2.75, 3.05) is 6.61 Å². The molecule has 3 nitrogen and oxygen atoms in total. The van der Waals surface area contributed by atoms with Crippen molar-refractivity contribution in [3.05, 3.63) is 35.4 Å². The van der Waals surface area contributed by atoms with Crippen LogP contribution in [0.25, 0.3) is 0 Å². The Morgan fingerprint density at radius 2 is 1.90 bits per heavy atom. The summed E-state index contributed by atoms with van der Waals surface area (Å²) in [7, 11) is 0. The molecule has 2 N–H and O–H groups in total. The average Bonchev–Trinajstić information content (AvgIpc) is 2.94. The van der Waals surface area contributed by atoms with Crippen molar-refractivity contribution in [1.29, 1.82) is 0 Å². The van der Waals surface area contributed by atoms with Crippen LogP contribution in [0.3, 0.4) is 0 Å². The van der Waals surface area contributed by atoms with E-state index >= 15 is 0 Å². The standard InChI is InChI=1S/C17H25NO2/c1-2-3-6-14-7-9-15(10-8-14)16(20)18-17(13-19)11-4-5-12-17/h7-10,19H,2-6,11-13H2,1H3,(H,18,20). The maximum Gasteiger partial charge on any atom is 0.251 e. The Kier molecular flexibility index (Phi) is 5.18. The molecule has 2 rings (SSSR count). The lowest BCUT2D eigenvalue weighted by Crippen LogP contribution is -2.49. The molecule has 1 aliphatic carbocycles. The first-order chi connectivity index (χ1) is 9.69. The summed E-state index contributed by atoms with van der Waals surface area (Å²) in [6, 6.07) is 7.84. The molecule has 0 spiro atoms. The Bertz CT molecular complexity index is 433. The molecule has 1 fully saturated rings. The Hall–Kier alpha value is -1.35. The molecule has 0 heterocycles. The lowest BCUT2D eigenvalue weighted by Gasteiger charge is -2.28. The molecule has 1 aliphatic rings. The van der Waals surface area contributed by atoms with Gasteiger partial charge in [0, 0.05) is 5.56 Å². The number of unbranched alkanes of at least 4 members (excludes halogenated alkanes) is 1. The highest BCUT2D eigenvalue weighted by molar-refractivity contribution is 5.94. The van der Waals surface area contributed by atoms with Crippen LogP contribution in [0, 0.1) is 0 Å². The Morgan fingerprint density at radius 3 is 2.45 bits per heavy atom. The number of rotatable bonds is 6. The van der Waals surface area contributed by atoms with Crippen LogP contribution in [0.15, 0.2) is 24.3 Å². The van der Waals surface area contributed by atoms with E-state index in [4.69, 9.17) is 0 Å². The van der Waals surface area contributed by atoms with Crippen molar-refractivity contribution in [3.8, 4) is 0 Å². The zero-order chi connectivity index (χ0) is 14.4. The molecular formula is C17H25NO2. The van der Waals surface area contributed by atoms with Crippen LogP contribution in [0.5, 0.6) is 0 Å². The van der Waals surface area contributed by atoms with Gasteiger partial charge in [-0.3, -0.25) is 4.79 Å². The van der Waals surface area contributed by atoms with Crippen molar-refractivity contribution in [3.63, 3.8) is 0 Å². The second-order valence-electron chi connectivity index (χ2n) is 5.90. The SMILES string of the molecule is CCCCc1ccc(C(=O)NC2(CO)CCCC2)cc1. The van der Waals surface area contributed by atoms with Crippen LogP contribution >= 0.6 is 0 Å². The summed E-state index contributed by atoms with van der Waals surface area (Å²) in [6.45, 7) is 2.21. The Balaban J connectivity index is 1.98. The lowest BCUT2D eigenvalue weighted by atomic mass is 9.98. The second kappa shape index (κ2) is 6.89. The summed E-state index contributed by atoms with van der Waals surface area (Å²) < 4.78 is 0. The molecule has 0 atom stereocenters. The number of aliphatic hydroxyl groups excluding tert-OH is 1. The minimum absolute atomic E-state index is 0.0350. The molecule has 110 valence electrons. The van der Waals surface area contributed by atoms with E-state index in [2.05, 4.69) is 12.2 Å². The molecular weight excluding hydrogens is 250 g/mol. The Labute approximate surface area is 121 Å². The van der Waals surface area contributed by atoms with Gasteiger partial charge >= 0.3 is 0 Å². The number of benzene rings is 1. The average molecular weight is 275 g/mol. The third-order valence-electron chi connectivity index (χ3n) is 4.28. The summed E-state index contributed by atoms with van der Waals surface area (Å²) in [5, 5.41) is 12.6. The number of hydrogen-bond donors (Lipinski definition) is 2. The third-order valence-corrected chi connectivity index (χ3v) is 4.28. The molecule has 0 aromatic heterocycles. The van der Waals surface area contributed by atoms with Crippen LogP contribution in [-0.2, 0) is 6.42 Å². The van der Waals surface area contributed by atoms with E-state index in [1.165, 1.54) is 18.4 Å². The fraction of sp³-hybridized carbons (Fsp3) is 0.588. The number of carbonyl (C=O) groups is 1. The highest BCUT2D eigenvalue weighted by Gasteiger charge is 2.34. The highest BCUT2D eigenvalue weighted by atomic mass is 16.3. The molecule has 20 heavy (non-hydrogen) atoms. The molecule has 1 aromatic rings. The summed E-state index contributed by atoms with van der Waals surface area (Å²) in [5.74, 6) is -0.0667. The minimum atomic E-state index is -0.391. The van der Waals surface area contributed by atoms with Gasteiger partial charge in [-0.15, -0.1) is 0 Å². The first-order valence-corrected chi connectivity index (χ1v) is 7.71. The van der Waals surface area contributed by atoms with Crippen molar-refractivity contribution in [2.24, 2.45) is 0 Å². The summed E-state index contributed by atoms with van der Waals surface area (Å²) in [5.41, 5.74) is 1.57. The van der Waals surface area contributed by atoms with Gasteiger partial charge in [0.05, 0.1) is 12.1 Å². The largest absolute Gasteiger partial charge is 0.394 e. The third kappa shape index (κ3) is 3.60. The molecule has 0 radical (unpaired) electrons. The van der Waals surface area contributed by atoms with Gasteiger partial charge in [-0.25, -0.2) is 0 Å². The fourth-order valence-electron chi connectivity index (χ4n) is 2.89. The fourth-order valence-corrected chi connectivity index (χ4v) is 2.89. The van der Waals surface area contributed by atoms with Crippen molar-refractivity contribution in [1.82, 2.24) is 5.32 Å². The number of carbonyl (C=O) groups excluding carboxylic acids is 1. The number of hydrogen-bond acceptors (Lipinski definition) is 2. The molecule has 0 aliphatic heterocycles. The van der Waals surface area contributed by atoms with Gasteiger partial charge in [-0.1, -0.05) is 38.3 Å². The van der Waals surface area contributed by atoms with Gasteiger partial charge in [-0.05, 0) is 43.4 Å². The molecule has 1 amide bonds.